The van der Waals surface area contributed by atoms with Crippen LogP contribution in [-0.2, 0) is 11.2 Å². The van der Waals surface area contributed by atoms with E-state index in [1.807, 2.05) is 46.4 Å². The van der Waals surface area contributed by atoms with Crippen LogP contribution in [0, 0.1) is 0 Å². The number of para-hydroxylation sites is 2. The normalized spacial score (nSPS) is 16.3. The number of thiazole rings is 1. The molecule has 2 aromatic heterocycles. The Morgan fingerprint density at radius 1 is 1.42 bits per heavy atom. The lowest BCUT2D eigenvalue weighted by Crippen LogP contribution is -2.42. The van der Waals surface area contributed by atoms with Gasteiger partial charge in [-0.3, -0.25) is 9.20 Å². The van der Waals surface area contributed by atoms with Crippen molar-refractivity contribution in [2.75, 3.05) is 20.2 Å². The highest BCUT2D eigenvalue weighted by atomic mass is 32.1. The molecule has 0 saturated carbocycles. The maximum atomic E-state index is 12.4. The molecule has 0 N–H and O–H groups in total. The third-order valence-corrected chi connectivity index (χ3v) is 4.72. The molecule has 0 unspecified atom stereocenters. The molecule has 7 heteroatoms. The minimum absolute atomic E-state index is 0.0169. The number of carbonyl (C=O) groups excluding carboxylic acids is 1. The molecule has 4 rings (SSSR count). The zero-order chi connectivity index (χ0) is 16.5. The Morgan fingerprint density at radius 3 is 3.08 bits per heavy atom. The number of carbonyl (C=O) groups is 1. The van der Waals surface area contributed by atoms with Gasteiger partial charge in [-0.05, 0) is 12.1 Å². The van der Waals surface area contributed by atoms with E-state index < -0.39 is 0 Å². The summed E-state index contributed by atoms with van der Waals surface area (Å²) < 4.78 is 13.5. The summed E-state index contributed by atoms with van der Waals surface area (Å²) in [6.07, 6.45) is 3.96. The second kappa shape index (κ2) is 6.16. The lowest BCUT2D eigenvalue weighted by atomic mass is 10.2. The van der Waals surface area contributed by atoms with Gasteiger partial charge in [0.05, 0.1) is 18.7 Å². The van der Waals surface area contributed by atoms with Crippen molar-refractivity contribution in [3.63, 3.8) is 0 Å². The summed E-state index contributed by atoms with van der Waals surface area (Å²) in [5.74, 6) is 1.49. The van der Waals surface area contributed by atoms with Crippen LogP contribution in [0.5, 0.6) is 11.5 Å². The Morgan fingerprint density at radius 2 is 2.25 bits per heavy atom. The van der Waals surface area contributed by atoms with Crippen molar-refractivity contribution in [3.05, 3.63) is 47.7 Å². The van der Waals surface area contributed by atoms with Crippen LogP contribution in [0.1, 0.15) is 5.69 Å². The molecule has 6 nitrogen and oxygen atoms in total. The molecule has 0 bridgehead atoms. The van der Waals surface area contributed by atoms with Crippen LogP contribution in [0.25, 0.3) is 4.96 Å². The van der Waals surface area contributed by atoms with Gasteiger partial charge in [0.15, 0.2) is 22.6 Å². The fourth-order valence-electron chi connectivity index (χ4n) is 2.71. The molecule has 24 heavy (non-hydrogen) atoms. The molecule has 0 aliphatic carbocycles. The van der Waals surface area contributed by atoms with Gasteiger partial charge >= 0.3 is 0 Å². The molecule has 0 radical (unpaired) electrons. The first-order valence-electron chi connectivity index (χ1n) is 7.72. The largest absolute Gasteiger partial charge is 0.486 e. The fraction of sp³-hybridized carbons (Fsp3) is 0.294. The van der Waals surface area contributed by atoms with E-state index in [2.05, 4.69) is 4.98 Å². The van der Waals surface area contributed by atoms with Gasteiger partial charge in [0.2, 0.25) is 5.91 Å². The molecule has 0 fully saturated rings. The maximum Gasteiger partial charge on any atom is 0.228 e. The van der Waals surface area contributed by atoms with Crippen LogP contribution >= 0.6 is 11.3 Å². The number of likely N-dealkylation sites (N-methyl/N-ethyl adjacent to an activating group) is 1. The van der Waals surface area contributed by atoms with E-state index in [0.717, 1.165) is 22.2 Å². The molecule has 1 aliphatic heterocycles. The SMILES string of the molecule is CN(C[C@H]1COc2ccccc2O1)C(=O)Cc1cn2ccsc2n1. The quantitative estimate of drug-likeness (QED) is 0.729. The Labute approximate surface area is 143 Å². The number of hydrogen-bond donors (Lipinski definition) is 0. The van der Waals surface area contributed by atoms with Gasteiger partial charge in [-0.2, -0.15) is 0 Å². The van der Waals surface area contributed by atoms with E-state index in [-0.39, 0.29) is 18.4 Å². The lowest BCUT2D eigenvalue weighted by Gasteiger charge is -2.29. The summed E-state index contributed by atoms with van der Waals surface area (Å²) in [6.45, 7) is 0.921. The van der Waals surface area contributed by atoms with E-state index >= 15 is 0 Å². The van der Waals surface area contributed by atoms with Crippen molar-refractivity contribution >= 4 is 22.2 Å². The van der Waals surface area contributed by atoms with Gasteiger partial charge in [-0.1, -0.05) is 12.1 Å². The van der Waals surface area contributed by atoms with Crippen molar-refractivity contribution < 1.29 is 14.3 Å². The summed E-state index contributed by atoms with van der Waals surface area (Å²) in [6, 6.07) is 7.57. The van der Waals surface area contributed by atoms with E-state index in [0.29, 0.717) is 13.2 Å². The summed E-state index contributed by atoms with van der Waals surface area (Å²) >= 11 is 1.56. The van der Waals surface area contributed by atoms with Crippen molar-refractivity contribution in [1.82, 2.24) is 14.3 Å². The molecule has 3 heterocycles. The highest BCUT2D eigenvalue weighted by Crippen LogP contribution is 2.30. The predicted octanol–water partition coefficient (Wildman–Crippen LogP) is 2.24. The first-order valence-corrected chi connectivity index (χ1v) is 8.60. The Kier molecular flexibility index (Phi) is 3.86. The molecule has 1 atom stereocenters. The first kappa shape index (κ1) is 15.0. The molecule has 1 aliphatic rings. The van der Waals surface area contributed by atoms with Crippen LogP contribution in [0.15, 0.2) is 42.0 Å². The summed E-state index contributed by atoms with van der Waals surface area (Å²) in [7, 11) is 1.78. The van der Waals surface area contributed by atoms with Gasteiger partial charge < -0.3 is 14.4 Å². The molecule has 3 aromatic rings. The molecule has 0 saturated heterocycles. The number of ether oxygens (including phenoxy) is 2. The lowest BCUT2D eigenvalue weighted by molar-refractivity contribution is -0.130. The van der Waals surface area contributed by atoms with Crippen LogP contribution in [0.4, 0.5) is 0 Å². The van der Waals surface area contributed by atoms with Gasteiger partial charge in [0.1, 0.15) is 6.61 Å². The third-order valence-electron chi connectivity index (χ3n) is 3.95. The minimum atomic E-state index is -0.167. The number of rotatable bonds is 4. The summed E-state index contributed by atoms with van der Waals surface area (Å²) in [5.41, 5.74) is 0.782. The first-order chi connectivity index (χ1) is 11.7. The molecular weight excluding hydrogens is 326 g/mol. The van der Waals surface area contributed by atoms with E-state index in [1.165, 1.54) is 0 Å². The van der Waals surface area contributed by atoms with E-state index in [9.17, 15) is 4.79 Å². The smallest absolute Gasteiger partial charge is 0.228 e. The van der Waals surface area contributed by atoms with Crippen molar-refractivity contribution in [2.24, 2.45) is 0 Å². The number of amides is 1. The average molecular weight is 343 g/mol. The standard InChI is InChI=1S/C17H17N3O3S/c1-19(10-13-11-22-14-4-2-3-5-15(14)23-13)16(21)8-12-9-20-6-7-24-17(20)18-12/h2-7,9,13H,8,10-11H2,1H3/t13-/m0/s1. The van der Waals surface area contributed by atoms with Crippen molar-refractivity contribution in [2.45, 2.75) is 12.5 Å². The van der Waals surface area contributed by atoms with Gasteiger partial charge in [-0.15, -0.1) is 11.3 Å². The topological polar surface area (TPSA) is 56.1 Å². The van der Waals surface area contributed by atoms with E-state index in [4.69, 9.17) is 9.47 Å². The molecule has 1 amide bonds. The van der Waals surface area contributed by atoms with Crippen LogP contribution in [-0.4, -0.2) is 46.5 Å². The van der Waals surface area contributed by atoms with Crippen molar-refractivity contribution in [1.29, 1.82) is 0 Å². The Hall–Kier alpha value is -2.54. The molecule has 0 spiro atoms. The van der Waals surface area contributed by atoms with Crippen LogP contribution in [0.2, 0.25) is 0 Å². The molecular formula is C17H17N3O3S. The predicted molar refractivity (Wildman–Crippen MR) is 90.8 cm³/mol. The Balaban J connectivity index is 1.36. The monoisotopic (exact) mass is 343 g/mol. The molecule has 124 valence electrons. The number of hydrogen-bond acceptors (Lipinski definition) is 5. The number of benzene rings is 1. The van der Waals surface area contributed by atoms with Gasteiger partial charge in [0, 0.05) is 24.8 Å². The summed E-state index contributed by atoms with van der Waals surface area (Å²) in [4.78, 5) is 19.4. The fourth-order valence-corrected chi connectivity index (χ4v) is 3.43. The highest BCUT2D eigenvalue weighted by molar-refractivity contribution is 7.15. The number of fused-ring (bicyclic) bond motifs is 2. The maximum absolute atomic E-state index is 12.4. The third kappa shape index (κ3) is 2.94. The van der Waals surface area contributed by atoms with Gasteiger partial charge in [0.25, 0.3) is 0 Å². The zero-order valence-electron chi connectivity index (χ0n) is 13.2. The van der Waals surface area contributed by atoms with Crippen LogP contribution in [0.3, 0.4) is 0 Å². The van der Waals surface area contributed by atoms with Crippen LogP contribution < -0.4 is 9.47 Å². The molecule has 1 aromatic carbocycles. The number of nitrogens with zero attached hydrogens (tertiary/aromatic N) is 3. The van der Waals surface area contributed by atoms with E-state index in [1.54, 1.807) is 23.3 Å². The van der Waals surface area contributed by atoms with Gasteiger partial charge in [-0.25, -0.2) is 4.98 Å². The van der Waals surface area contributed by atoms with Crippen molar-refractivity contribution in [3.8, 4) is 11.5 Å². The zero-order valence-corrected chi connectivity index (χ0v) is 14.0. The number of imidazole rings is 1. The highest BCUT2D eigenvalue weighted by Gasteiger charge is 2.24. The number of aromatic nitrogens is 2. The summed E-state index contributed by atoms with van der Waals surface area (Å²) in [5, 5.41) is 1.97. The average Bonchev–Trinajstić information content (AvgIpc) is 3.16. The Bertz CT molecular complexity index is 844. The minimum Gasteiger partial charge on any atom is -0.486 e. The second-order valence-corrected chi connectivity index (χ2v) is 6.65. The second-order valence-electron chi connectivity index (χ2n) is 5.77.